The molecule has 0 radical (unpaired) electrons. The number of hydrogen-bond donors (Lipinski definition) is 1. The summed E-state index contributed by atoms with van der Waals surface area (Å²) in [6.45, 7) is 1.14. The third-order valence-corrected chi connectivity index (χ3v) is 5.16. The number of hydrogen-bond acceptors (Lipinski definition) is 2. The van der Waals surface area contributed by atoms with Crippen LogP contribution in [0.25, 0.3) is 11.3 Å². The monoisotopic (exact) mass is 413 g/mol. The minimum atomic E-state index is -0.276. The first-order valence-corrected chi connectivity index (χ1v) is 10.3. The maximum Gasteiger partial charge on any atom is 0.223 e. The van der Waals surface area contributed by atoms with E-state index in [1.165, 1.54) is 12.1 Å². The smallest absolute Gasteiger partial charge is 0.223 e. The summed E-state index contributed by atoms with van der Waals surface area (Å²) in [4.78, 5) is 15.0. The summed E-state index contributed by atoms with van der Waals surface area (Å²) < 4.78 is 13.1. The molecule has 0 atom stereocenters. The Labute approximate surface area is 181 Å². The van der Waals surface area contributed by atoms with Crippen LogP contribution in [0.1, 0.15) is 23.2 Å². The molecule has 0 unspecified atom stereocenters. The summed E-state index contributed by atoms with van der Waals surface area (Å²) in [7, 11) is 0. The van der Waals surface area contributed by atoms with Gasteiger partial charge in [0.25, 0.3) is 0 Å². The number of rotatable bonds is 8. The number of halogens is 1. The molecule has 31 heavy (non-hydrogen) atoms. The van der Waals surface area contributed by atoms with Crippen molar-refractivity contribution in [2.45, 2.75) is 25.9 Å². The first-order valence-electron chi connectivity index (χ1n) is 10.3. The van der Waals surface area contributed by atoms with Gasteiger partial charge < -0.3 is 4.90 Å². The van der Waals surface area contributed by atoms with E-state index in [1.807, 2.05) is 71.6 Å². The maximum atomic E-state index is 13.1. The number of nitrogens with zero attached hydrogens (tertiary/aromatic N) is 2. The number of benzene rings is 3. The van der Waals surface area contributed by atoms with Crippen LogP contribution < -0.4 is 0 Å². The number of amides is 1. The molecule has 0 bridgehead atoms. The van der Waals surface area contributed by atoms with Crippen molar-refractivity contribution < 1.29 is 9.18 Å². The molecular formula is C26H24FN3O. The molecule has 0 aliphatic rings. The molecule has 0 fully saturated rings. The number of nitrogens with one attached hydrogen (secondary N) is 1. The van der Waals surface area contributed by atoms with Crippen molar-refractivity contribution in [1.82, 2.24) is 15.1 Å². The van der Waals surface area contributed by atoms with E-state index in [0.29, 0.717) is 25.9 Å². The minimum absolute atomic E-state index is 0.0886. The zero-order chi connectivity index (χ0) is 21.5. The quantitative estimate of drug-likeness (QED) is 0.422. The Morgan fingerprint density at radius 3 is 2.00 bits per heavy atom. The lowest BCUT2D eigenvalue weighted by Gasteiger charge is -2.23. The molecule has 4 rings (SSSR count). The van der Waals surface area contributed by atoms with E-state index in [-0.39, 0.29) is 11.7 Å². The standard InChI is InChI=1S/C26H24FN3O/c27-23-13-11-22(12-14-23)25-17-24(28-29-25)15-16-26(31)30(18-20-7-3-1-4-8-20)19-21-9-5-2-6-10-21/h1-14,17H,15-16,18-19H2,(H,28,29). The summed E-state index contributed by atoms with van der Waals surface area (Å²) in [6, 6.07) is 28.2. The maximum absolute atomic E-state index is 13.1. The molecule has 4 nitrogen and oxygen atoms in total. The normalized spacial score (nSPS) is 10.7. The molecule has 1 amide bonds. The van der Waals surface area contributed by atoms with Crippen LogP contribution >= 0.6 is 0 Å². The lowest BCUT2D eigenvalue weighted by Crippen LogP contribution is -2.30. The number of carbonyl (C=O) groups is 1. The molecule has 0 saturated carbocycles. The lowest BCUT2D eigenvalue weighted by atomic mass is 10.1. The van der Waals surface area contributed by atoms with Gasteiger partial charge in [0.05, 0.1) is 5.69 Å². The summed E-state index contributed by atoms with van der Waals surface area (Å²) in [6.07, 6.45) is 0.942. The topological polar surface area (TPSA) is 49.0 Å². The summed E-state index contributed by atoms with van der Waals surface area (Å²) >= 11 is 0. The van der Waals surface area contributed by atoms with Crippen molar-refractivity contribution >= 4 is 5.91 Å². The number of aryl methyl sites for hydroxylation is 1. The second-order valence-electron chi connectivity index (χ2n) is 7.51. The van der Waals surface area contributed by atoms with Crippen molar-refractivity contribution in [3.8, 4) is 11.3 Å². The molecular weight excluding hydrogens is 389 g/mol. The number of aromatic amines is 1. The third kappa shape index (κ3) is 5.66. The van der Waals surface area contributed by atoms with Gasteiger partial charge in [0.15, 0.2) is 0 Å². The first-order chi connectivity index (χ1) is 15.2. The number of carbonyl (C=O) groups excluding carboxylic acids is 1. The van der Waals surface area contributed by atoms with E-state index in [4.69, 9.17) is 0 Å². The Hall–Kier alpha value is -3.73. The lowest BCUT2D eigenvalue weighted by molar-refractivity contribution is -0.132. The first kappa shape index (κ1) is 20.5. The van der Waals surface area contributed by atoms with Crippen LogP contribution in [0.15, 0.2) is 91.0 Å². The zero-order valence-corrected chi connectivity index (χ0v) is 17.2. The zero-order valence-electron chi connectivity index (χ0n) is 17.2. The highest BCUT2D eigenvalue weighted by Gasteiger charge is 2.15. The van der Waals surface area contributed by atoms with Crippen LogP contribution in [0.2, 0.25) is 0 Å². The minimum Gasteiger partial charge on any atom is -0.334 e. The van der Waals surface area contributed by atoms with Gasteiger partial charge in [0.2, 0.25) is 5.91 Å². The molecule has 1 N–H and O–H groups in total. The SMILES string of the molecule is O=C(CCc1cc(-c2ccc(F)cc2)n[nH]1)N(Cc1ccccc1)Cc1ccccc1. The van der Waals surface area contributed by atoms with Gasteiger partial charge in [0.1, 0.15) is 5.82 Å². The fraction of sp³-hybridized carbons (Fsp3) is 0.154. The molecule has 3 aromatic carbocycles. The van der Waals surface area contributed by atoms with Crippen LogP contribution in [0.5, 0.6) is 0 Å². The van der Waals surface area contributed by atoms with Gasteiger partial charge in [-0.05, 0) is 47.9 Å². The Morgan fingerprint density at radius 1 is 0.839 bits per heavy atom. The largest absolute Gasteiger partial charge is 0.334 e. The second kappa shape index (κ2) is 9.85. The highest BCUT2D eigenvalue weighted by molar-refractivity contribution is 5.76. The third-order valence-electron chi connectivity index (χ3n) is 5.16. The van der Waals surface area contributed by atoms with Gasteiger partial charge >= 0.3 is 0 Å². The highest BCUT2D eigenvalue weighted by Crippen LogP contribution is 2.19. The van der Waals surface area contributed by atoms with E-state index in [0.717, 1.165) is 28.1 Å². The van der Waals surface area contributed by atoms with Crippen molar-refractivity contribution in [1.29, 1.82) is 0 Å². The fourth-order valence-corrected chi connectivity index (χ4v) is 3.50. The van der Waals surface area contributed by atoms with E-state index >= 15 is 0 Å². The Kier molecular flexibility index (Phi) is 6.53. The van der Waals surface area contributed by atoms with Crippen molar-refractivity contribution in [3.63, 3.8) is 0 Å². The summed E-state index contributed by atoms with van der Waals surface area (Å²) in [5, 5.41) is 7.30. The summed E-state index contributed by atoms with van der Waals surface area (Å²) in [5.41, 5.74) is 4.67. The predicted octanol–water partition coefficient (Wildman–Crippen LogP) is 5.38. The predicted molar refractivity (Wildman–Crippen MR) is 119 cm³/mol. The molecule has 5 heteroatoms. The average Bonchev–Trinajstić information content (AvgIpc) is 3.28. The molecule has 1 aromatic heterocycles. The average molecular weight is 413 g/mol. The molecule has 0 spiro atoms. The Balaban J connectivity index is 1.42. The van der Waals surface area contributed by atoms with Crippen molar-refractivity contribution in [2.24, 2.45) is 0 Å². The van der Waals surface area contributed by atoms with Crippen LogP contribution in [0.3, 0.4) is 0 Å². The van der Waals surface area contributed by atoms with Crippen LogP contribution in [-0.4, -0.2) is 21.0 Å². The Bertz CT molecular complexity index is 1070. The number of H-pyrrole nitrogens is 1. The van der Waals surface area contributed by atoms with E-state index in [2.05, 4.69) is 10.2 Å². The summed E-state index contributed by atoms with van der Waals surface area (Å²) in [5.74, 6) is -0.187. The van der Waals surface area contributed by atoms with Crippen molar-refractivity contribution in [2.75, 3.05) is 0 Å². The second-order valence-corrected chi connectivity index (χ2v) is 7.51. The number of aromatic nitrogens is 2. The molecule has 0 aliphatic carbocycles. The van der Waals surface area contributed by atoms with E-state index in [1.54, 1.807) is 12.1 Å². The molecule has 0 saturated heterocycles. The molecule has 4 aromatic rings. The molecule has 0 aliphatic heterocycles. The molecule has 156 valence electrons. The van der Waals surface area contributed by atoms with Gasteiger partial charge in [-0.1, -0.05) is 60.7 Å². The fourth-order valence-electron chi connectivity index (χ4n) is 3.50. The van der Waals surface area contributed by atoms with Crippen LogP contribution in [-0.2, 0) is 24.3 Å². The van der Waals surface area contributed by atoms with Gasteiger partial charge in [0, 0.05) is 30.8 Å². The van der Waals surface area contributed by atoms with E-state index in [9.17, 15) is 9.18 Å². The van der Waals surface area contributed by atoms with Crippen LogP contribution in [0.4, 0.5) is 4.39 Å². The highest BCUT2D eigenvalue weighted by atomic mass is 19.1. The van der Waals surface area contributed by atoms with Crippen LogP contribution in [0, 0.1) is 5.82 Å². The van der Waals surface area contributed by atoms with Gasteiger partial charge in [-0.3, -0.25) is 9.89 Å². The van der Waals surface area contributed by atoms with Gasteiger partial charge in [-0.25, -0.2) is 4.39 Å². The van der Waals surface area contributed by atoms with Crippen molar-refractivity contribution in [3.05, 3.63) is 114 Å². The Morgan fingerprint density at radius 2 is 1.42 bits per heavy atom. The van der Waals surface area contributed by atoms with Gasteiger partial charge in [-0.2, -0.15) is 5.10 Å². The van der Waals surface area contributed by atoms with E-state index < -0.39 is 0 Å². The molecule has 1 heterocycles. The van der Waals surface area contributed by atoms with Gasteiger partial charge in [-0.15, -0.1) is 0 Å².